The third-order valence-corrected chi connectivity index (χ3v) is 3.69. The Morgan fingerprint density at radius 3 is 2.55 bits per heavy atom. The summed E-state index contributed by atoms with van der Waals surface area (Å²) in [7, 11) is 0.184. The normalized spacial score (nSPS) is 12.9. The van der Waals surface area contributed by atoms with Gasteiger partial charge in [0.25, 0.3) is 0 Å². The van der Waals surface area contributed by atoms with Crippen LogP contribution in [0, 0.1) is 12.7 Å². The van der Waals surface area contributed by atoms with Gasteiger partial charge in [-0.15, -0.1) is 0 Å². The molecule has 1 N–H and O–H groups in total. The largest absolute Gasteiger partial charge is 0.441 e. The molecule has 0 saturated carbocycles. The number of oxazole rings is 1. The van der Waals surface area contributed by atoms with E-state index >= 15 is 0 Å². The first-order valence-electron chi connectivity index (χ1n) is 6.52. The predicted molar refractivity (Wildman–Crippen MR) is 76.9 cm³/mol. The molecule has 0 amide bonds. The molecular weight excluding hydrogens is 260 g/mol. The number of fused-ring (bicyclic) bond motifs is 1. The minimum absolute atomic E-state index is 0.184. The highest BCUT2D eigenvalue weighted by molar-refractivity contribution is 6.47. The number of aromatic nitrogens is 1. The molecule has 0 bridgehead atoms. The minimum atomic E-state index is -1.00. The Morgan fingerprint density at radius 1 is 1.30 bits per heavy atom. The average molecular weight is 279 g/mol. The average Bonchev–Trinajstić information content (AvgIpc) is 2.66. The maximum atomic E-state index is 13.9. The fourth-order valence-electron chi connectivity index (χ4n) is 1.68. The van der Waals surface area contributed by atoms with Crippen LogP contribution in [-0.4, -0.2) is 28.8 Å². The summed E-state index contributed by atoms with van der Waals surface area (Å²) in [6, 6.07) is 3.09. The Hall–Kier alpha value is -1.40. The van der Waals surface area contributed by atoms with Crippen LogP contribution in [0.3, 0.4) is 0 Å². The molecule has 1 heterocycles. The molecule has 20 heavy (non-hydrogen) atoms. The molecule has 0 unspecified atom stereocenters. The van der Waals surface area contributed by atoms with Crippen LogP contribution in [0.15, 0.2) is 16.5 Å². The smallest absolute Gasteiger partial charge is 0.309 e. The van der Waals surface area contributed by atoms with Gasteiger partial charge < -0.3 is 14.2 Å². The Bertz CT molecular complexity index is 631. The number of aliphatic hydroxyl groups is 1. The monoisotopic (exact) mass is 279 g/mol. The molecule has 6 heteroatoms. The number of benzene rings is 1. The molecule has 0 atom stereocenters. The summed E-state index contributed by atoms with van der Waals surface area (Å²) < 4.78 is 24.9. The van der Waals surface area contributed by atoms with Crippen molar-refractivity contribution in [1.82, 2.24) is 4.98 Å². The summed E-state index contributed by atoms with van der Waals surface area (Å²) in [5.74, 6) is -0.00666. The van der Waals surface area contributed by atoms with Gasteiger partial charge in [0.2, 0.25) is 0 Å². The van der Waals surface area contributed by atoms with Gasteiger partial charge in [-0.05, 0) is 45.3 Å². The van der Waals surface area contributed by atoms with Gasteiger partial charge in [0.05, 0.1) is 11.2 Å². The summed E-state index contributed by atoms with van der Waals surface area (Å²) >= 11 is 0. The van der Waals surface area contributed by atoms with Crippen LogP contribution in [0.4, 0.5) is 4.39 Å². The van der Waals surface area contributed by atoms with E-state index in [1.54, 1.807) is 40.7 Å². The Labute approximate surface area is 118 Å². The fraction of sp³-hybridized carbons (Fsp3) is 0.500. The van der Waals surface area contributed by atoms with Gasteiger partial charge in [0.15, 0.2) is 17.3 Å². The quantitative estimate of drug-likeness (QED) is 0.867. The summed E-state index contributed by atoms with van der Waals surface area (Å²) in [6.45, 7) is 8.61. The highest BCUT2D eigenvalue weighted by Gasteiger charge is 2.35. The van der Waals surface area contributed by atoms with Crippen LogP contribution in [0.1, 0.15) is 33.6 Å². The van der Waals surface area contributed by atoms with E-state index in [9.17, 15) is 9.50 Å². The maximum Gasteiger partial charge on any atom is 0.309 e. The van der Waals surface area contributed by atoms with Crippen molar-refractivity contribution in [2.24, 2.45) is 0 Å². The van der Waals surface area contributed by atoms with E-state index in [1.807, 2.05) is 0 Å². The van der Waals surface area contributed by atoms with Crippen molar-refractivity contribution in [1.29, 1.82) is 0 Å². The first-order chi connectivity index (χ1) is 9.10. The topological polar surface area (TPSA) is 55.5 Å². The lowest BCUT2D eigenvalue weighted by Crippen LogP contribution is -2.49. The third-order valence-electron chi connectivity index (χ3n) is 3.69. The van der Waals surface area contributed by atoms with E-state index in [-0.39, 0.29) is 13.0 Å². The van der Waals surface area contributed by atoms with Gasteiger partial charge in [0, 0.05) is 6.92 Å². The van der Waals surface area contributed by atoms with Crippen molar-refractivity contribution in [2.75, 3.05) is 0 Å². The zero-order valence-corrected chi connectivity index (χ0v) is 12.5. The van der Waals surface area contributed by atoms with E-state index in [0.717, 1.165) is 0 Å². The molecule has 4 nitrogen and oxygen atoms in total. The highest BCUT2D eigenvalue weighted by Crippen LogP contribution is 2.24. The molecule has 0 radical (unpaired) electrons. The van der Waals surface area contributed by atoms with Crippen molar-refractivity contribution in [3.8, 4) is 0 Å². The lowest BCUT2D eigenvalue weighted by atomic mass is 9.82. The van der Waals surface area contributed by atoms with Crippen LogP contribution >= 0.6 is 0 Å². The van der Waals surface area contributed by atoms with E-state index in [2.05, 4.69) is 4.98 Å². The SMILES string of the molecule is Cc1nc2c(F)cc(BOC(C)(C)C(C)(C)O)cc2o1. The lowest BCUT2D eigenvalue weighted by Gasteiger charge is -2.37. The standard InChI is InChI=1S/C14H19BFNO3/c1-8-17-12-10(16)6-9(7-11(12)19-8)15-20-14(4,5)13(2,3)18/h6-7,15,18H,1-5H3. The maximum absolute atomic E-state index is 13.9. The summed E-state index contributed by atoms with van der Waals surface area (Å²) in [5.41, 5.74) is -0.479. The Kier molecular flexibility index (Phi) is 3.65. The van der Waals surface area contributed by atoms with Crippen LogP contribution in [0.5, 0.6) is 0 Å². The third kappa shape index (κ3) is 2.86. The Morgan fingerprint density at radius 2 is 1.95 bits per heavy atom. The van der Waals surface area contributed by atoms with Crippen LogP contribution in [0.2, 0.25) is 0 Å². The molecule has 108 valence electrons. The number of nitrogens with zero attached hydrogens (tertiary/aromatic N) is 1. The van der Waals surface area contributed by atoms with Crippen molar-refractivity contribution in [2.45, 2.75) is 45.8 Å². The summed E-state index contributed by atoms with van der Waals surface area (Å²) in [4.78, 5) is 3.98. The predicted octanol–water partition coefficient (Wildman–Crippen LogP) is 1.82. The van der Waals surface area contributed by atoms with Crippen molar-refractivity contribution in [3.63, 3.8) is 0 Å². The highest BCUT2D eigenvalue weighted by atomic mass is 19.1. The number of rotatable bonds is 4. The second kappa shape index (κ2) is 4.86. The summed E-state index contributed by atoms with van der Waals surface area (Å²) in [5, 5.41) is 10.0. The molecule has 1 aromatic carbocycles. The van der Waals surface area contributed by atoms with Crippen LogP contribution < -0.4 is 5.46 Å². The van der Waals surface area contributed by atoms with E-state index in [4.69, 9.17) is 9.07 Å². The van der Waals surface area contributed by atoms with Gasteiger partial charge in [0.1, 0.15) is 5.52 Å². The van der Waals surface area contributed by atoms with Gasteiger partial charge in [-0.1, -0.05) is 0 Å². The molecule has 2 rings (SSSR count). The zero-order chi connectivity index (χ0) is 15.1. The molecule has 0 aliphatic heterocycles. The van der Waals surface area contributed by atoms with Crippen molar-refractivity contribution in [3.05, 3.63) is 23.8 Å². The molecule has 0 saturated heterocycles. The number of hydrogen-bond donors (Lipinski definition) is 1. The molecule has 0 fully saturated rings. The van der Waals surface area contributed by atoms with Crippen molar-refractivity contribution < 1.29 is 18.6 Å². The van der Waals surface area contributed by atoms with E-state index in [1.165, 1.54) is 6.07 Å². The molecule has 0 aliphatic rings. The van der Waals surface area contributed by atoms with Gasteiger partial charge >= 0.3 is 7.48 Å². The zero-order valence-electron chi connectivity index (χ0n) is 12.5. The van der Waals surface area contributed by atoms with Crippen molar-refractivity contribution >= 4 is 24.0 Å². The van der Waals surface area contributed by atoms with Crippen LogP contribution in [-0.2, 0) is 4.65 Å². The molecule has 0 spiro atoms. The molecule has 0 aliphatic carbocycles. The Balaban J connectivity index is 2.22. The van der Waals surface area contributed by atoms with E-state index in [0.29, 0.717) is 16.9 Å². The van der Waals surface area contributed by atoms with E-state index < -0.39 is 17.0 Å². The molecular formula is C14H19BFNO3. The second-order valence-corrected chi connectivity index (χ2v) is 6.02. The second-order valence-electron chi connectivity index (χ2n) is 6.02. The number of aryl methyl sites for hydroxylation is 1. The number of hydrogen-bond acceptors (Lipinski definition) is 4. The first-order valence-corrected chi connectivity index (χ1v) is 6.52. The van der Waals surface area contributed by atoms with Gasteiger partial charge in [-0.2, -0.15) is 0 Å². The number of halogens is 1. The fourth-order valence-corrected chi connectivity index (χ4v) is 1.68. The molecule has 1 aromatic heterocycles. The first kappa shape index (κ1) is 15.0. The van der Waals surface area contributed by atoms with Crippen LogP contribution in [0.25, 0.3) is 11.1 Å². The minimum Gasteiger partial charge on any atom is -0.441 e. The lowest BCUT2D eigenvalue weighted by molar-refractivity contribution is -0.0893. The van der Waals surface area contributed by atoms with Gasteiger partial charge in [-0.3, -0.25) is 0 Å². The van der Waals surface area contributed by atoms with Gasteiger partial charge in [-0.25, -0.2) is 9.37 Å². The molecule has 2 aromatic rings. The summed E-state index contributed by atoms with van der Waals surface area (Å²) in [6.07, 6.45) is 0.